The van der Waals surface area contributed by atoms with Gasteiger partial charge in [0.15, 0.2) is 0 Å². The van der Waals surface area contributed by atoms with Crippen LogP contribution < -0.4 is 0 Å². The first-order valence-electron chi connectivity index (χ1n) is 7.67. The van der Waals surface area contributed by atoms with Gasteiger partial charge >= 0.3 is 0 Å². The summed E-state index contributed by atoms with van der Waals surface area (Å²) >= 11 is 0. The minimum atomic E-state index is 0.953. The van der Waals surface area contributed by atoms with Crippen molar-refractivity contribution in [1.29, 1.82) is 0 Å². The summed E-state index contributed by atoms with van der Waals surface area (Å²) in [4.78, 5) is 5.18. The quantitative estimate of drug-likeness (QED) is 0.601. The zero-order valence-corrected chi connectivity index (χ0v) is 12.2. The van der Waals surface area contributed by atoms with Crippen LogP contribution in [0.5, 0.6) is 0 Å². The first-order valence-corrected chi connectivity index (χ1v) is 7.67. The monoisotopic (exact) mass is 240 g/mol. The Balaban J connectivity index is 2.08. The first kappa shape index (κ1) is 15.0. The van der Waals surface area contributed by atoms with Gasteiger partial charge in [0.2, 0.25) is 0 Å². The maximum Gasteiger partial charge on any atom is 0.000756 e. The first-order chi connectivity index (χ1) is 8.26. The molecule has 0 aromatic heterocycles. The number of rotatable bonds is 8. The molecule has 0 N–H and O–H groups in total. The summed E-state index contributed by atoms with van der Waals surface area (Å²) in [5, 5.41) is 0. The summed E-state index contributed by atoms with van der Waals surface area (Å²) in [6.07, 6.45) is 8.26. The summed E-state index contributed by atoms with van der Waals surface area (Å²) < 4.78 is 0. The van der Waals surface area contributed by atoms with E-state index in [9.17, 15) is 0 Å². The maximum absolute atomic E-state index is 2.67. The molecular formula is C15H32N2. The summed E-state index contributed by atoms with van der Waals surface area (Å²) in [5.74, 6) is 0.953. The second-order valence-corrected chi connectivity index (χ2v) is 5.75. The van der Waals surface area contributed by atoms with E-state index in [4.69, 9.17) is 0 Å². The van der Waals surface area contributed by atoms with Crippen molar-refractivity contribution in [1.82, 2.24) is 9.80 Å². The van der Waals surface area contributed by atoms with Crippen LogP contribution in [0, 0.1) is 5.92 Å². The maximum atomic E-state index is 2.67. The largest absolute Gasteiger partial charge is 0.306 e. The molecule has 0 aromatic rings. The normalized spacial score (nSPS) is 19.1. The molecular weight excluding hydrogens is 208 g/mol. The molecule has 0 unspecified atom stereocenters. The molecule has 1 rings (SSSR count). The van der Waals surface area contributed by atoms with Crippen LogP contribution in [0.3, 0.4) is 0 Å². The van der Waals surface area contributed by atoms with Crippen molar-refractivity contribution in [2.45, 2.75) is 52.4 Å². The molecule has 102 valence electrons. The topological polar surface area (TPSA) is 6.48 Å². The van der Waals surface area contributed by atoms with E-state index >= 15 is 0 Å². The summed E-state index contributed by atoms with van der Waals surface area (Å²) in [7, 11) is 2.27. The third-order valence-corrected chi connectivity index (χ3v) is 3.96. The van der Waals surface area contributed by atoms with Crippen LogP contribution in [-0.2, 0) is 0 Å². The van der Waals surface area contributed by atoms with E-state index in [1.807, 2.05) is 0 Å². The van der Waals surface area contributed by atoms with E-state index in [1.165, 1.54) is 71.2 Å². The van der Waals surface area contributed by atoms with Crippen LogP contribution in [0.25, 0.3) is 0 Å². The smallest absolute Gasteiger partial charge is 0.000756 e. The second-order valence-electron chi connectivity index (χ2n) is 5.75. The number of hydrogen-bond acceptors (Lipinski definition) is 2. The van der Waals surface area contributed by atoms with Gasteiger partial charge in [-0.3, -0.25) is 0 Å². The van der Waals surface area contributed by atoms with Gasteiger partial charge in [-0.25, -0.2) is 0 Å². The van der Waals surface area contributed by atoms with E-state index in [-0.39, 0.29) is 0 Å². The number of likely N-dealkylation sites (tertiary alicyclic amines) is 1. The molecule has 1 heterocycles. The van der Waals surface area contributed by atoms with Gasteiger partial charge in [-0.15, -0.1) is 0 Å². The molecule has 0 aliphatic carbocycles. The Bertz CT molecular complexity index is 174. The Labute approximate surface area is 108 Å². The van der Waals surface area contributed by atoms with Crippen LogP contribution in [0.4, 0.5) is 0 Å². The molecule has 2 nitrogen and oxygen atoms in total. The zero-order valence-electron chi connectivity index (χ0n) is 12.2. The van der Waals surface area contributed by atoms with E-state index in [2.05, 4.69) is 30.7 Å². The van der Waals surface area contributed by atoms with Gasteiger partial charge < -0.3 is 9.80 Å². The van der Waals surface area contributed by atoms with Crippen molar-refractivity contribution in [3.05, 3.63) is 0 Å². The van der Waals surface area contributed by atoms with E-state index < -0.39 is 0 Å². The Hall–Kier alpha value is -0.0800. The number of unbranched alkanes of at least 4 members (excludes halogenated alkanes) is 2. The van der Waals surface area contributed by atoms with E-state index in [1.54, 1.807) is 0 Å². The third-order valence-electron chi connectivity index (χ3n) is 3.96. The van der Waals surface area contributed by atoms with Gasteiger partial charge in [0.05, 0.1) is 0 Å². The molecule has 1 saturated heterocycles. The van der Waals surface area contributed by atoms with Crippen molar-refractivity contribution >= 4 is 0 Å². The van der Waals surface area contributed by atoms with Gasteiger partial charge in [0, 0.05) is 6.54 Å². The lowest BCUT2D eigenvalue weighted by molar-refractivity contribution is 0.152. The van der Waals surface area contributed by atoms with Crippen molar-refractivity contribution in [3.8, 4) is 0 Å². The molecule has 1 aliphatic rings. The Morgan fingerprint density at radius 3 is 2.35 bits per heavy atom. The highest BCUT2D eigenvalue weighted by Gasteiger charge is 2.19. The Morgan fingerprint density at radius 2 is 1.76 bits per heavy atom. The third kappa shape index (κ3) is 6.42. The summed E-state index contributed by atoms with van der Waals surface area (Å²) in [5.41, 5.74) is 0. The molecule has 0 radical (unpaired) electrons. The van der Waals surface area contributed by atoms with Crippen LogP contribution in [0.2, 0.25) is 0 Å². The fourth-order valence-electron chi connectivity index (χ4n) is 2.89. The minimum Gasteiger partial charge on any atom is -0.306 e. The Morgan fingerprint density at radius 1 is 1.06 bits per heavy atom. The van der Waals surface area contributed by atoms with E-state index in [0.29, 0.717) is 0 Å². The Kier molecular flexibility index (Phi) is 7.87. The van der Waals surface area contributed by atoms with Gasteiger partial charge in [-0.2, -0.15) is 0 Å². The molecule has 0 spiro atoms. The van der Waals surface area contributed by atoms with Crippen LogP contribution in [0.1, 0.15) is 52.4 Å². The van der Waals surface area contributed by atoms with Crippen LogP contribution >= 0.6 is 0 Å². The van der Waals surface area contributed by atoms with Crippen molar-refractivity contribution in [3.63, 3.8) is 0 Å². The number of nitrogens with zero attached hydrogens (tertiary/aromatic N) is 2. The highest BCUT2D eigenvalue weighted by molar-refractivity contribution is 4.74. The highest BCUT2D eigenvalue weighted by atomic mass is 15.1. The zero-order chi connectivity index (χ0) is 12.5. The molecule has 0 bridgehead atoms. The predicted molar refractivity (Wildman–Crippen MR) is 76.5 cm³/mol. The second kappa shape index (κ2) is 8.93. The molecule has 17 heavy (non-hydrogen) atoms. The molecule has 0 atom stereocenters. The van der Waals surface area contributed by atoms with Gasteiger partial charge in [0.25, 0.3) is 0 Å². The van der Waals surface area contributed by atoms with Crippen molar-refractivity contribution in [2.75, 3.05) is 39.8 Å². The molecule has 2 heteroatoms. The van der Waals surface area contributed by atoms with Crippen LogP contribution in [0.15, 0.2) is 0 Å². The fraction of sp³-hybridized carbons (Fsp3) is 1.00. The number of piperidine rings is 1. The molecule has 0 amide bonds. The highest BCUT2D eigenvalue weighted by Crippen LogP contribution is 2.18. The van der Waals surface area contributed by atoms with Crippen molar-refractivity contribution < 1.29 is 0 Å². The average Bonchev–Trinajstić information content (AvgIpc) is 2.32. The minimum absolute atomic E-state index is 0.953. The molecule has 0 aromatic carbocycles. The molecule has 1 fully saturated rings. The standard InChI is InChI=1S/C15H32N2/c1-4-6-7-11-17-12-8-15(9-13-17)14-16(3)10-5-2/h15H,4-14H2,1-3H3. The molecule has 1 aliphatic heterocycles. The number of hydrogen-bond donors (Lipinski definition) is 0. The van der Waals surface area contributed by atoms with Gasteiger partial charge in [-0.1, -0.05) is 26.7 Å². The molecule has 0 saturated carbocycles. The predicted octanol–water partition coefficient (Wildman–Crippen LogP) is 3.23. The fourth-order valence-corrected chi connectivity index (χ4v) is 2.89. The summed E-state index contributed by atoms with van der Waals surface area (Å²) in [6.45, 7) is 11.2. The van der Waals surface area contributed by atoms with E-state index in [0.717, 1.165) is 5.92 Å². The summed E-state index contributed by atoms with van der Waals surface area (Å²) in [6, 6.07) is 0. The van der Waals surface area contributed by atoms with Crippen LogP contribution in [-0.4, -0.2) is 49.6 Å². The lowest BCUT2D eigenvalue weighted by Crippen LogP contribution is -2.38. The SMILES string of the molecule is CCCCCN1CCC(CN(C)CCC)CC1. The lowest BCUT2D eigenvalue weighted by Gasteiger charge is -2.33. The van der Waals surface area contributed by atoms with Crippen molar-refractivity contribution in [2.24, 2.45) is 5.92 Å². The lowest BCUT2D eigenvalue weighted by atomic mass is 9.96. The average molecular weight is 240 g/mol. The van der Waals surface area contributed by atoms with Gasteiger partial charge in [-0.05, 0) is 64.8 Å². The van der Waals surface area contributed by atoms with Gasteiger partial charge in [0.1, 0.15) is 0 Å².